The van der Waals surface area contributed by atoms with E-state index in [0.717, 1.165) is 0 Å². The van der Waals surface area contributed by atoms with Crippen LogP contribution in [0, 0.1) is 0 Å². The Bertz CT molecular complexity index is 370. The normalized spacial score (nSPS) is 29.2. The molecule has 0 bridgehead atoms. The third kappa shape index (κ3) is 2.85. The van der Waals surface area contributed by atoms with E-state index in [0.29, 0.717) is 19.7 Å². The fourth-order valence-corrected chi connectivity index (χ4v) is 2.25. The number of methoxy groups -OCH3 is 1. The molecule has 1 N–H and O–H groups in total. The summed E-state index contributed by atoms with van der Waals surface area (Å²) in [6, 6.07) is -0.429. The SMILES string of the molecule is COC(=O)CC1CN(C2CC(=O)NC2=O)CCO1. The third-order valence-electron chi connectivity index (χ3n) is 3.18. The van der Waals surface area contributed by atoms with Crippen LogP contribution >= 0.6 is 0 Å². The smallest absolute Gasteiger partial charge is 0.308 e. The average Bonchev–Trinajstić information content (AvgIpc) is 2.68. The Morgan fingerprint density at radius 3 is 2.94 bits per heavy atom. The second-order valence-electron chi connectivity index (χ2n) is 4.40. The van der Waals surface area contributed by atoms with Crippen LogP contribution in [0.3, 0.4) is 0 Å². The molecule has 2 saturated heterocycles. The lowest BCUT2D eigenvalue weighted by Gasteiger charge is -2.34. The second-order valence-corrected chi connectivity index (χ2v) is 4.40. The molecular formula is C11H16N2O5. The number of carbonyl (C=O) groups is 3. The van der Waals surface area contributed by atoms with Crippen LogP contribution in [0.1, 0.15) is 12.8 Å². The monoisotopic (exact) mass is 256 g/mol. The van der Waals surface area contributed by atoms with E-state index in [2.05, 4.69) is 10.1 Å². The van der Waals surface area contributed by atoms with Crippen molar-refractivity contribution >= 4 is 17.8 Å². The van der Waals surface area contributed by atoms with E-state index in [1.165, 1.54) is 7.11 Å². The van der Waals surface area contributed by atoms with Gasteiger partial charge in [-0.3, -0.25) is 24.6 Å². The fraction of sp³-hybridized carbons (Fsp3) is 0.727. The van der Waals surface area contributed by atoms with Crippen LogP contribution in [0.15, 0.2) is 0 Å². The summed E-state index contributed by atoms with van der Waals surface area (Å²) in [5.41, 5.74) is 0. The number of nitrogens with one attached hydrogen (secondary N) is 1. The highest BCUT2D eigenvalue weighted by atomic mass is 16.5. The molecular weight excluding hydrogens is 240 g/mol. The van der Waals surface area contributed by atoms with Crippen LogP contribution in [0.2, 0.25) is 0 Å². The maximum Gasteiger partial charge on any atom is 0.308 e. The fourth-order valence-electron chi connectivity index (χ4n) is 2.25. The molecule has 7 nitrogen and oxygen atoms in total. The van der Waals surface area contributed by atoms with Gasteiger partial charge in [-0.15, -0.1) is 0 Å². The van der Waals surface area contributed by atoms with Crippen molar-refractivity contribution in [2.45, 2.75) is 25.0 Å². The van der Waals surface area contributed by atoms with Gasteiger partial charge < -0.3 is 9.47 Å². The number of hydrogen-bond acceptors (Lipinski definition) is 6. The Morgan fingerprint density at radius 1 is 1.56 bits per heavy atom. The van der Waals surface area contributed by atoms with Gasteiger partial charge in [0.1, 0.15) is 0 Å². The summed E-state index contributed by atoms with van der Waals surface area (Å²) in [7, 11) is 1.33. The first-order valence-electron chi connectivity index (χ1n) is 5.86. The first kappa shape index (κ1) is 13.0. The van der Waals surface area contributed by atoms with Crippen molar-refractivity contribution in [3.63, 3.8) is 0 Å². The molecule has 2 fully saturated rings. The highest BCUT2D eigenvalue weighted by Crippen LogP contribution is 2.17. The molecule has 2 amide bonds. The molecule has 2 aliphatic rings. The van der Waals surface area contributed by atoms with E-state index in [-0.39, 0.29) is 36.7 Å². The van der Waals surface area contributed by atoms with Gasteiger partial charge >= 0.3 is 5.97 Å². The molecule has 0 aliphatic carbocycles. The van der Waals surface area contributed by atoms with Crippen molar-refractivity contribution in [1.82, 2.24) is 10.2 Å². The van der Waals surface area contributed by atoms with Crippen LogP contribution in [0.25, 0.3) is 0 Å². The molecule has 2 atom stereocenters. The van der Waals surface area contributed by atoms with Gasteiger partial charge in [0.05, 0.1) is 38.7 Å². The lowest BCUT2D eigenvalue weighted by atomic mass is 10.1. The summed E-state index contributed by atoms with van der Waals surface area (Å²) in [4.78, 5) is 35.8. The van der Waals surface area contributed by atoms with Gasteiger partial charge in [-0.1, -0.05) is 0 Å². The Labute approximate surface area is 104 Å². The van der Waals surface area contributed by atoms with Crippen LogP contribution in [0.5, 0.6) is 0 Å². The van der Waals surface area contributed by atoms with E-state index >= 15 is 0 Å². The first-order chi connectivity index (χ1) is 8.60. The van der Waals surface area contributed by atoms with Crippen molar-refractivity contribution in [2.75, 3.05) is 26.8 Å². The number of rotatable bonds is 3. The predicted molar refractivity (Wildman–Crippen MR) is 59.5 cm³/mol. The van der Waals surface area contributed by atoms with Gasteiger partial charge in [0, 0.05) is 13.1 Å². The Kier molecular flexibility index (Phi) is 3.93. The number of ether oxygens (including phenoxy) is 2. The molecule has 0 radical (unpaired) electrons. The third-order valence-corrected chi connectivity index (χ3v) is 3.18. The molecule has 0 spiro atoms. The predicted octanol–water partition coefficient (Wildman–Crippen LogP) is -1.33. The zero-order chi connectivity index (χ0) is 13.1. The molecule has 2 unspecified atom stereocenters. The summed E-state index contributed by atoms with van der Waals surface area (Å²) in [6.07, 6.45) is 0.0636. The van der Waals surface area contributed by atoms with Crippen LogP contribution in [-0.2, 0) is 23.9 Å². The van der Waals surface area contributed by atoms with Gasteiger partial charge in [-0.25, -0.2) is 0 Å². The largest absolute Gasteiger partial charge is 0.469 e. The molecule has 0 aromatic rings. The highest BCUT2D eigenvalue weighted by Gasteiger charge is 2.38. The summed E-state index contributed by atoms with van der Waals surface area (Å²) in [5, 5.41) is 2.28. The molecule has 18 heavy (non-hydrogen) atoms. The van der Waals surface area contributed by atoms with E-state index in [1.807, 2.05) is 4.90 Å². The molecule has 0 aromatic carbocycles. The second kappa shape index (κ2) is 5.45. The topological polar surface area (TPSA) is 84.9 Å². The summed E-state index contributed by atoms with van der Waals surface area (Å²) in [6.45, 7) is 1.49. The molecule has 0 aromatic heterocycles. The number of nitrogens with zero attached hydrogens (tertiary/aromatic N) is 1. The number of amides is 2. The minimum absolute atomic E-state index is 0.162. The van der Waals surface area contributed by atoms with Crippen LogP contribution in [0.4, 0.5) is 0 Å². The molecule has 7 heteroatoms. The van der Waals surface area contributed by atoms with Crippen LogP contribution < -0.4 is 5.32 Å². The molecule has 2 heterocycles. The number of imide groups is 1. The number of hydrogen-bond donors (Lipinski definition) is 1. The Balaban J connectivity index is 1.92. The van der Waals surface area contributed by atoms with Crippen molar-refractivity contribution in [3.05, 3.63) is 0 Å². The minimum Gasteiger partial charge on any atom is -0.469 e. The van der Waals surface area contributed by atoms with Gasteiger partial charge in [0.15, 0.2) is 0 Å². The molecule has 100 valence electrons. The van der Waals surface area contributed by atoms with Crippen molar-refractivity contribution in [1.29, 1.82) is 0 Å². The quantitative estimate of drug-likeness (QED) is 0.497. The van der Waals surface area contributed by atoms with E-state index in [1.54, 1.807) is 0 Å². The zero-order valence-corrected chi connectivity index (χ0v) is 10.2. The Hall–Kier alpha value is -1.47. The van der Waals surface area contributed by atoms with Gasteiger partial charge in [-0.2, -0.15) is 0 Å². The maximum absolute atomic E-state index is 11.6. The summed E-state index contributed by atoms with van der Waals surface area (Å²) in [5.74, 6) is -0.853. The highest BCUT2D eigenvalue weighted by molar-refractivity contribution is 6.05. The molecule has 0 saturated carbocycles. The maximum atomic E-state index is 11.6. The van der Waals surface area contributed by atoms with E-state index in [4.69, 9.17) is 4.74 Å². The lowest BCUT2D eigenvalue weighted by Crippen LogP contribution is -2.50. The average molecular weight is 256 g/mol. The van der Waals surface area contributed by atoms with E-state index < -0.39 is 6.04 Å². The van der Waals surface area contributed by atoms with Crippen molar-refractivity contribution in [3.8, 4) is 0 Å². The minimum atomic E-state index is -0.429. The Morgan fingerprint density at radius 2 is 2.33 bits per heavy atom. The van der Waals surface area contributed by atoms with Crippen LogP contribution in [-0.4, -0.2) is 61.6 Å². The standard InChI is InChI=1S/C11H16N2O5/c1-17-10(15)4-7-6-13(2-3-18-7)8-5-9(14)12-11(8)16/h7-8H,2-6H2,1H3,(H,12,14,16). The summed E-state index contributed by atoms with van der Waals surface area (Å²) >= 11 is 0. The zero-order valence-electron chi connectivity index (χ0n) is 10.2. The van der Waals surface area contributed by atoms with E-state index in [9.17, 15) is 14.4 Å². The molecule has 2 aliphatic heterocycles. The summed E-state index contributed by atoms with van der Waals surface area (Å²) < 4.78 is 10.0. The van der Waals surface area contributed by atoms with Gasteiger partial charge in [-0.05, 0) is 0 Å². The number of morpholine rings is 1. The first-order valence-corrected chi connectivity index (χ1v) is 5.86. The number of carbonyl (C=O) groups excluding carboxylic acids is 3. The van der Waals surface area contributed by atoms with Gasteiger partial charge in [0.25, 0.3) is 0 Å². The van der Waals surface area contributed by atoms with Crippen molar-refractivity contribution < 1.29 is 23.9 Å². The number of esters is 1. The molecule has 2 rings (SSSR count). The lowest BCUT2D eigenvalue weighted by molar-refractivity contribution is -0.146. The van der Waals surface area contributed by atoms with Gasteiger partial charge in [0.2, 0.25) is 11.8 Å². The van der Waals surface area contributed by atoms with Crippen molar-refractivity contribution in [2.24, 2.45) is 0 Å².